The van der Waals surface area contributed by atoms with Gasteiger partial charge >= 0.3 is 5.76 Å². The molecule has 0 unspecified atom stereocenters. The summed E-state index contributed by atoms with van der Waals surface area (Å²) in [5.74, 6) is 0.317. The van der Waals surface area contributed by atoms with Gasteiger partial charge in [-0.15, -0.1) is 0 Å². The van der Waals surface area contributed by atoms with Crippen LogP contribution in [0.2, 0.25) is 0 Å². The number of carbonyl (C=O) groups excluding carboxylic acids is 1. The van der Waals surface area contributed by atoms with Gasteiger partial charge in [0.1, 0.15) is 0 Å². The van der Waals surface area contributed by atoms with Crippen LogP contribution in [0, 0.1) is 0 Å². The van der Waals surface area contributed by atoms with Crippen LogP contribution < -0.4 is 25.3 Å². The number of fused-ring (bicyclic) bond motifs is 1. The van der Waals surface area contributed by atoms with Gasteiger partial charge in [-0.3, -0.25) is 9.36 Å². The first-order chi connectivity index (χ1) is 12.5. The topological polar surface area (TPSA) is 91.9 Å². The van der Waals surface area contributed by atoms with Gasteiger partial charge in [0.25, 0.3) is 5.91 Å². The Hall–Kier alpha value is -3.42. The standard InChI is InChI=1S/C18H18N2O6/c1-20-12-6-5-11(9-13(12)26-18(20)22)19-17(21)10-7-14(23-2)16(25-4)15(8-10)24-3/h5-9H,1-4H3,(H,19,21). The van der Waals surface area contributed by atoms with Crippen LogP contribution in [0.1, 0.15) is 10.4 Å². The highest BCUT2D eigenvalue weighted by molar-refractivity contribution is 6.05. The number of carbonyl (C=O) groups is 1. The molecule has 0 aliphatic heterocycles. The summed E-state index contributed by atoms with van der Waals surface area (Å²) in [4.78, 5) is 24.2. The lowest BCUT2D eigenvalue weighted by molar-refractivity contribution is 0.102. The third-order valence-corrected chi connectivity index (χ3v) is 3.98. The lowest BCUT2D eigenvalue weighted by Crippen LogP contribution is -2.12. The number of benzene rings is 2. The second kappa shape index (κ2) is 6.83. The van der Waals surface area contributed by atoms with E-state index in [9.17, 15) is 9.59 Å². The molecule has 8 nitrogen and oxygen atoms in total. The quantitative estimate of drug-likeness (QED) is 0.753. The number of nitrogens with one attached hydrogen (secondary N) is 1. The fourth-order valence-electron chi connectivity index (χ4n) is 2.63. The summed E-state index contributed by atoms with van der Waals surface area (Å²) in [5.41, 5.74) is 1.85. The molecule has 0 atom stereocenters. The molecule has 0 saturated heterocycles. The second-order valence-corrected chi connectivity index (χ2v) is 5.48. The Morgan fingerprint density at radius 1 is 1.04 bits per heavy atom. The SMILES string of the molecule is COc1cc(C(=O)Nc2ccc3c(c2)oc(=O)n3C)cc(OC)c1OC. The molecule has 3 aromatic rings. The number of amides is 1. The van der Waals surface area contributed by atoms with Crippen molar-refractivity contribution in [2.75, 3.05) is 26.6 Å². The van der Waals surface area contributed by atoms with Crippen molar-refractivity contribution in [1.82, 2.24) is 4.57 Å². The Balaban J connectivity index is 1.93. The molecule has 1 aromatic heterocycles. The molecule has 0 aliphatic rings. The minimum absolute atomic E-state index is 0.328. The van der Waals surface area contributed by atoms with Crippen LogP contribution in [0.5, 0.6) is 17.2 Å². The minimum atomic E-state index is -0.465. The van der Waals surface area contributed by atoms with Crippen molar-refractivity contribution in [3.63, 3.8) is 0 Å². The maximum absolute atomic E-state index is 12.6. The van der Waals surface area contributed by atoms with Gasteiger partial charge in [-0.25, -0.2) is 4.79 Å². The number of hydrogen-bond acceptors (Lipinski definition) is 6. The molecule has 1 N–H and O–H groups in total. The Morgan fingerprint density at radius 3 is 2.27 bits per heavy atom. The highest BCUT2D eigenvalue weighted by atomic mass is 16.5. The van der Waals surface area contributed by atoms with Crippen molar-refractivity contribution in [2.45, 2.75) is 0 Å². The third kappa shape index (κ3) is 2.97. The fraction of sp³-hybridized carbons (Fsp3) is 0.222. The molecule has 3 rings (SSSR count). The summed E-state index contributed by atoms with van der Waals surface area (Å²) in [6, 6.07) is 8.08. The van der Waals surface area contributed by atoms with Crippen molar-refractivity contribution in [2.24, 2.45) is 7.05 Å². The van der Waals surface area contributed by atoms with E-state index in [1.807, 2.05) is 0 Å². The molecule has 0 fully saturated rings. The summed E-state index contributed by atoms with van der Waals surface area (Å²) in [6.45, 7) is 0. The van der Waals surface area contributed by atoms with E-state index in [0.717, 1.165) is 0 Å². The van der Waals surface area contributed by atoms with Gasteiger partial charge in [0.05, 0.1) is 26.8 Å². The number of hydrogen-bond donors (Lipinski definition) is 1. The number of rotatable bonds is 5. The Kier molecular flexibility index (Phi) is 4.57. The zero-order valence-electron chi connectivity index (χ0n) is 14.8. The Morgan fingerprint density at radius 2 is 1.69 bits per heavy atom. The van der Waals surface area contributed by atoms with Crippen LogP contribution in [0.25, 0.3) is 11.1 Å². The van der Waals surface area contributed by atoms with Gasteiger partial charge in [0, 0.05) is 24.4 Å². The number of nitrogens with zero attached hydrogens (tertiary/aromatic N) is 1. The summed E-state index contributed by atoms with van der Waals surface area (Å²) < 4.78 is 22.3. The zero-order chi connectivity index (χ0) is 18.8. The average molecular weight is 358 g/mol. The van der Waals surface area contributed by atoms with Crippen LogP contribution in [-0.4, -0.2) is 31.8 Å². The lowest BCUT2D eigenvalue weighted by Gasteiger charge is -2.14. The zero-order valence-corrected chi connectivity index (χ0v) is 14.8. The van der Waals surface area contributed by atoms with Gasteiger partial charge in [-0.2, -0.15) is 0 Å². The van der Waals surface area contributed by atoms with Crippen LogP contribution in [0.4, 0.5) is 5.69 Å². The number of aromatic nitrogens is 1. The average Bonchev–Trinajstić information content (AvgIpc) is 2.93. The monoisotopic (exact) mass is 358 g/mol. The molecule has 0 bridgehead atoms. The van der Waals surface area contributed by atoms with Crippen molar-refractivity contribution in [3.8, 4) is 17.2 Å². The van der Waals surface area contributed by atoms with E-state index in [2.05, 4.69) is 5.32 Å². The van der Waals surface area contributed by atoms with E-state index >= 15 is 0 Å². The minimum Gasteiger partial charge on any atom is -0.493 e. The first-order valence-electron chi connectivity index (χ1n) is 7.69. The van der Waals surface area contributed by atoms with Crippen LogP contribution >= 0.6 is 0 Å². The molecular weight excluding hydrogens is 340 g/mol. The number of anilines is 1. The fourth-order valence-corrected chi connectivity index (χ4v) is 2.63. The summed E-state index contributed by atoms with van der Waals surface area (Å²) in [7, 11) is 6.06. The molecule has 1 heterocycles. The van der Waals surface area contributed by atoms with E-state index in [1.165, 1.54) is 25.9 Å². The maximum Gasteiger partial charge on any atom is 0.419 e. The summed E-state index contributed by atoms with van der Waals surface area (Å²) >= 11 is 0. The van der Waals surface area contributed by atoms with Crippen LogP contribution in [0.15, 0.2) is 39.5 Å². The molecule has 0 spiro atoms. The van der Waals surface area contributed by atoms with E-state index in [-0.39, 0.29) is 5.91 Å². The lowest BCUT2D eigenvalue weighted by atomic mass is 10.1. The van der Waals surface area contributed by atoms with Gasteiger partial charge in [-0.1, -0.05) is 0 Å². The molecule has 0 radical (unpaired) electrons. The van der Waals surface area contributed by atoms with Gasteiger partial charge in [0.15, 0.2) is 17.1 Å². The maximum atomic E-state index is 12.6. The van der Waals surface area contributed by atoms with Crippen molar-refractivity contribution >= 4 is 22.7 Å². The van der Waals surface area contributed by atoms with Crippen LogP contribution in [0.3, 0.4) is 0 Å². The Labute approximate surface area is 148 Å². The van der Waals surface area contributed by atoms with Crippen LogP contribution in [-0.2, 0) is 7.05 Å². The van der Waals surface area contributed by atoms with Gasteiger partial charge < -0.3 is 23.9 Å². The Bertz CT molecular complexity index is 1010. The number of ether oxygens (including phenoxy) is 3. The number of oxazole rings is 1. The molecule has 1 amide bonds. The molecule has 136 valence electrons. The van der Waals surface area contributed by atoms with Crippen molar-refractivity contribution in [3.05, 3.63) is 46.4 Å². The predicted octanol–water partition coefficient (Wildman–Crippen LogP) is 2.41. The van der Waals surface area contributed by atoms with E-state index in [1.54, 1.807) is 37.4 Å². The number of methoxy groups -OCH3 is 3. The molecule has 26 heavy (non-hydrogen) atoms. The van der Waals surface area contributed by atoms with E-state index < -0.39 is 5.76 Å². The van der Waals surface area contributed by atoms with Gasteiger partial charge in [0.2, 0.25) is 5.75 Å². The highest BCUT2D eigenvalue weighted by Crippen LogP contribution is 2.38. The first-order valence-corrected chi connectivity index (χ1v) is 7.69. The largest absolute Gasteiger partial charge is 0.493 e. The van der Waals surface area contributed by atoms with E-state index in [0.29, 0.717) is 39.6 Å². The second-order valence-electron chi connectivity index (χ2n) is 5.48. The molecule has 0 aliphatic carbocycles. The molecule has 2 aromatic carbocycles. The number of aryl methyl sites for hydroxylation is 1. The predicted molar refractivity (Wildman–Crippen MR) is 95.5 cm³/mol. The smallest absolute Gasteiger partial charge is 0.419 e. The molecule has 8 heteroatoms. The van der Waals surface area contributed by atoms with Crippen molar-refractivity contribution < 1.29 is 23.4 Å². The summed E-state index contributed by atoms with van der Waals surface area (Å²) in [6.07, 6.45) is 0. The summed E-state index contributed by atoms with van der Waals surface area (Å²) in [5, 5.41) is 2.76. The highest BCUT2D eigenvalue weighted by Gasteiger charge is 2.17. The van der Waals surface area contributed by atoms with E-state index in [4.69, 9.17) is 18.6 Å². The molecule has 0 saturated carbocycles. The normalized spacial score (nSPS) is 10.6. The molecular formula is C18H18N2O6. The van der Waals surface area contributed by atoms with Crippen molar-refractivity contribution in [1.29, 1.82) is 0 Å². The van der Waals surface area contributed by atoms with Gasteiger partial charge in [-0.05, 0) is 24.3 Å². The third-order valence-electron chi connectivity index (χ3n) is 3.98. The first kappa shape index (κ1) is 17.4.